The Morgan fingerprint density at radius 2 is 1.94 bits per heavy atom. The molecule has 0 radical (unpaired) electrons. The van der Waals surface area contributed by atoms with Gasteiger partial charge in [-0.25, -0.2) is 4.98 Å². The summed E-state index contributed by atoms with van der Waals surface area (Å²) in [6, 6.07) is 12.9. The first kappa shape index (κ1) is 8.11. The van der Waals surface area contributed by atoms with E-state index in [9.17, 15) is 0 Å². The summed E-state index contributed by atoms with van der Waals surface area (Å²) >= 11 is 0. The topological polar surface area (TPSA) is 28.7 Å². The van der Waals surface area contributed by atoms with Gasteiger partial charge in [0.1, 0.15) is 0 Å². The van der Waals surface area contributed by atoms with E-state index in [0.29, 0.717) is 0 Å². The van der Waals surface area contributed by atoms with Crippen LogP contribution in [0.2, 0.25) is 0 Å². The van der Waals surface area contributed by atoms with E-state index in [1.165, 1.54) is 22.3 Å². The van der Waals surface area contributed by atoms with Crippen LogP contribution in [0.1, 0.15) is 11.1 Å². The smallest absolute Gasteiger partial charge is 0.0932 e. The van der Waals surface area contributed by atoms with E-state index < -0.39 is 0 Å². The van der Waals surface area contributed by atoms with Gasteiger partial charge in [0.15, 0.2) is 0 Å². The highest BCUT2D eigenvalue weighted by Gasteiger charge is 2.20. The summed E-state index contributed by atoms with van der Waals surface area (Å²) in [7, 11) is 0. The molecular weight excluding hydrogens is 196 g/mol. The lowest BCUT2D eigenvalue weighted by Crippen LogP contribution is -1.82. The number of nitrogens with one attached hydrogen (secondary N) is 1. The monoisotopic (exact) mass is 206 g/mol. The van der Waals surface area contributed by atoms with E-state index in [-0.39, 0.29) is 0 Å². The molecule has 1 aliphatic carbocycles. The first-order valence-electron chi connectivity index (χ1n) is 5.47. The minimum Gasteiger partial charge on any atom is -0.345 e. The second-order valence-corrected chi connectivity index (χ2v) is 4.22. The van der Waals surface area contributed by atoms with Crippen LogP contribution >= 0.6 is 0 Å². The fourth-order valence-corrected chi connectivity index (χ4v) is 2.63. The zero-order valence-corrected chi connectivity index (χ0v) is 8.70. The number of benzene rings is 2. The largest absolute Gasteiger partial charge is 0.345 e. The average molecular weight is 206 g/mol. The van der Waals surface area contributed by atoms with Gasteiger partial charge in [-0.2, -0.15) is 0 Å². The molecule has 1 N–H and O–H groups in total. The van der Waals surface area contributed by atoms with Crippen molar-refractivity contribution in [2.24, 2.45) is 0 Å². The van der Waals surface area contributed by atoms with Gasteiger partial charge < -0.3 is 4.98 Å². The van der Waals surface area contributed by atoms with Gasteiger partial charge in [-0.1, -0.05) is 30.3 Å². The lowest BCUT2D eigenvalue weighted by atomic mass is 10.1. The standard InChI is InChI=1S/C14H10N2/c1-2-4-10-9(3-1)7-12-11(10)5-6-13-14(12)16-8-15-13/h1-6,8H,7H2,(H,15,16). The van der Waals surface area contributed by atoms with Crippen LogP contribution in [-0.2, 0) is 6.42 Å². The van der Waals surface area contributed by atoms with E-state index in [4.69, 9.17) is 0 Å². The molecule has 0 fully saturated rings. The molecule has 76 valence electrons. The van der Waals surface area contributed by atoms with E-state index in [1.54, 1.807) is 6.33 Å². The summed E-state index contributed by atoms with van der Waals surface area (Å²) in [5.74, 6) is 0. The summed E-state index contributed by atoms with van der Waals surface area (Å²) in [6.45, 7) is 0. The highest BCUT2D eigenvalue weighted by Crippen LogP contribution is 2.39. The van der Waals surface area contributed by atoms with Gasteiger partial charge in [-0.15, -0.1) is 0 Å². The number of imidazole rings is 1. The second-order valence-electron chi connectivity index (χ2n) is 4.22. The Kier molecular flexibility index (Phi) is 1.38. The van der Waals surface area contributed by atoms with Crippen molar-refractivity contribution in [3.63, 3.8) is 0 Å². The average Bonchev–Trinajstić information content (AvgIpc) is 2.92. The Hall–Kier alpha value is -2.09. The van der Waals surface area contributed by atoms with Crippen molar-refractivity contribution in [2.45, 2.75) is 6.42 Å². The van der Waals surface area contributed by atoms with Crippen molar-refractivity contribution in [2.75, 3.05) is 0 Å². The van der Waals surface area contributed by atoms with Gasteiger partial charge in [-0.3, -0.25) is 0 Å². The number of nitrogens with zero attached hydrogens (tertiary/aromatic N) is 1. The van der Waals surface area contributed by atoms with Crippen LogP contribution in [0.4, 0.5) is 0 Å². The molecule has 0 aliphatic heterocycles. The third-order valence-corrected chi connectivity index (χ3v) is 3.37. The molecule has 0 unspecified atom stereocenters. The van der Waals surface area contributed by atoms with Gasteiger partial charge in [0.2, 0.25) is 0 Å². The summed E-state index contributed by atoms with van der Waals surface area (Å²) < 4.78 is 0. The molecule has 0 amide bonds. The van der Waals surface area contributed by atoms with Crippen LogP contribution < -0.4 is 0 Å². The van der Waals surface area contributed by atoms with Crippen molar-refractivity contribution >= 4 is 11.0 Å². The molecule has 2 heteroatoms. The fraction of sp³-hybridized carbons (Fsp3) is 0.0714. The van der Waals surface area contributed by atoms with Gasteiger partial charge in [-0.05, 0) is 28.3 Å². The van der Waals surface area contributed by atoms with Gasteiger partial charge in [0.25, 0.3) is 0 Å². The first-order valence-corrected chi connectivity index (χ1v) is 5.47. The molecule has 2 aromatic carbocycles. The minimum atomic E-state index is 1.01. The maximum Gasteiger partial charge on any atom is 0.0932 e. The molecule has 16 heavy (non-hydrogen) atoms. The number of fused-ring (bicyclic) bond motifs is 5. The summed E-state index contributed by atoms with van der Waals surface area (Å²) in [4.78, 5) is 7.58. The predicted octanol–water partition coefficient (Wildman–Crippen LogP) is 3.13. The number of hydrogen-bond donors (Lipinski definition) is 1. The van der Waals surface area contributed by atoms with Gasteiger partial charge >= 0.3 is 0 Å². The van der Waals surface area contributed by atoms with Crippen LogP contribution in [0, 0.1) is 0 Å². The number of aromatic amines is 1. The molecule has 0 bridgehead atoms. The Morgan fingerprint density at radius 1 is 1.00 bits per heavy atom. The van der Waals surface area contributed by atoms with Crippen LogP contribution in [0.5, 0.6) is 0 Å². The second kappa shape index (κ2) is 2.73. The van der Waals surface area contributed by atoms with E-state index in [0.717, 1.165) is 17.5 Å². The first-order chi connectivity index (χ1) is 7.93. The van der Waals surface area contributed by atoms with Crippen LogP contribution in [0.3, 0.4) is 0 Å². The molecule has 0 atom stereocenters. The van der Waals surface area contributed by atoms with Crippen molar-refractivity contribution < 1.29 is 0 Å². The lowest BCUT2D eigenvalue weighted by Gasteiger charge is -2.00. The maximum absolute atomic E-state index is 4.42. The van der Waals surface area contributed by atoms with Crippen molar-refractivity contribution in [1.29, 1.82) is 0 Å². The van der Waals surface area contributed by atoms with E-state index in [1.807, 2.05) is 0 Å². The number of aromatic nitrogens is 2. The zero-order chi connectivity index (χ0) is 10.5. The van der Waals surface area contributed by atoms with Gasteiger partial charge in [0, 0.05) is 6.42 Å². The maximum atomic E-state index is 4.42. The Bertz CT molecular complexity index is 695. The minimum absolute atomic E-state index is 1.01. The number of hydrogen-bond acceptors (Lipinski definition) is 1. The Balaban J connectivity index is 2.13. The lowest BCUT2D eigenvalue weighted by molar-refractivity contribution is 1.26. The van der Waals surface area contributed by atoms with Crippen LogP contribution in [0.15, 0.2) is 42.7 Å². The Labute approximate surface area is 93.0 Å². The summed E-state index contributed by atoms with van der Waals surface area (Å²) in [5.41, 5.74) is 7.73. The molecule has 0 saturated heterocycles. The van der Waals surface area contributed by atoms with E-state index >= 15 is 0 Å². The van der Waals surface area contributed by atoms with Crippen molar-refractivity contribution in [1.82, 2.24) is 9.97 Å². The molecule has 2 nitrogen and oxygen atoms in total. The predicted molar refractivity (Wildman–Crippen MR) is 64.3 cm³/mol. The third kappa shape index (κ3) is 0.890. The summed E-state index contributed by atoms with van der Waals surface area (Å²) in [6.07, 6.45) is 2.78. The molecule has 3 aromatic rings. The normalized spacial score (nSPS) is 12.8. The molecular formula is C14H10N2. The van der Waals surface area contributed by atoms with Gasteiger partial charge in [0.05, 0.1) is 17.4 Å². The number of H-pyrrole nitrogens is 1. The number of rotatable bonds is 0. The zero-order valence-electron chi connectivity index (χ0n) is 8.70. The molecule has 4 rings (SSSR count). The molecule has 1 heterocycles. The molecule has 0 saturated carbocycles. The fourth-order valence-electron chi connectivity index (χ4n) is 2.63. The van der Waals surface area contributed by atoms with Crippen LogP contribution in [-0.4, -0.2) is 9.97 Å². The third-order valence-electron chi connectivity index (χ3n) is 3.37. The molecule has 1 aromatic heterocycles. The highest BCUT2D eigenvalue weighted by atomic mass is 14.9. The molecule has 1 aliphatic rings. The van der Waals surface area contributed by atoms with E-state index in [2.05, 4.69) is 46.4 Å². The summed E-state index contributed by atoms with van der Waals surface area (Å²) in [5, 5.41) is 0. The van der Waals surface area contributed by atoms with Crippen molar-refractivity contribution in [3.05, 3.63) is 53.9 Å². The highest BCUT2D eigenvalue weighted by molar-refractivity contribution is 5.90. The Morgan fingerprint density at radius 3 is 2.94 bits per heavy atom. The van der Waals surface area contributed by atoms with Crippen molar-refractivity contribution in [3.8, 4) is 11.1 Å². The van der Waals surface area contributed by atoms with Crippen LogP contribution in [0.25, 0.3) is 22.2 Å². The quantitative estimate of drug-likeness (QED) is 0.470. The molecule has 0 spiro atoms. The SMILES string of the molecule is c1ccc2c(c1)Cc1c-2ccc2[nH]cnc12.